The largest absolute Gasteiger partial charge is 0.366 e. The predicted octanol–water partition coefficient (Wildman–Crippen LogP) is 2.69. The van der Waals surface area contributed by atoms with Crippen molar-refractivity contribution in [1.82, 2.24) is 24.6 Å². The van der Waals surface area contributed by atoms with Crippen LogP contribution in [-0.2, 0) is 6.54 Å². The Labute approximate surface area is 155 Å². The van der Waals surface area contributed by atoms with E-state index in [1.807, 2.05) is 37.3 Å². The standard InChI is InChI=1S/C19H17N7O/c1-13-9-17(26-19(24-13)22-12-23-26)21-11-14-3-2-4-16(10-14)25-18(27)15-5-7-20-8-6-15/h2-10,12,21H,11H2,1H3,(H,25,27). The summed E-state index contributed by atoms with van der Waals surface area (Å²) in [6, 6.07) is 12.9. The predicted molar refractivity (Wildman–Crippen MR) is 101 cm³/mol. The van der Waals surface area contributed by atoms with Gasteiger partial charge in [0.1, 0.15) is 12.1 Å². The van der Waals surface area contributed by atoms with E-state index < -0.39 is 0 Å². The number of fused-ring (bicyclic) bond motifs is 1. The number of carbonyl (C=O) groups is 1. The number of nitrogens with one attached hydrogen (secondary N) is 2. The fourth-order valence-corrected chi connectivity index (χ4v) is 2.71. The highest BCUT2D eigenvalue weighted by Gasteiger charge is 2.07. The van der Waals surface area contributed by atoms with Crippen molar-refractivity contribution in [3.8, 4) is 0 Å². The molecule has 0 saturated heterocycles. The molecule has 1 amide bonds. The molecule has 1 aromatic carbocycles. The summed E-state index contributed by atoms with van der Waals surface area (Å²) in [7, 11) is 0. The van der Waals surface area contributed by atoms with Gasteiger partial charge < -0.3 is 10.6 Å². The van der Waals surface area contributed by atoms with E-state index in [2.05, 4.69) is 30.7 Å². The summed E-state index contributed by atoms with van der Waals surface area (Å²) in [5, 5.41) is 10.4. The normalized spacial score (nSPS) is 10.7. The second-order valence-corrected chi connectivity index (χ2v) is 6.00. The highest BCUT2D eigenvalue weighted by Crippen LogP contribution is 2.15. The third kappa shape index (κ3) is 3.74. The van der Waals surface area contributed by atoms with Gasteiger partial charge in [-0.05, 0) is 36.8 Å². The van der Waals surface area contributed by atoms with E-state index >= 15 is 0 Å². The van der Waals surface area contributed by atoms with Crippen LogP contribution in [0.15, 0.2) is 61.2 Å². The van der Waals surface area contributed by atoms with Crippen molar-refractivity contribution in [2.75, 3.05) is 10.6 Å². The minimum Gasteiger partial charge on any atom is -0.366 e. The second-order valence-electron chi connectivity index (χ2n) is 6.00. The Hall–Kier alpha value is -3.81. The molecule has 0 spiro atoms. The Balaban J connectivity index is 1.48. The SMILES string of the molecule is Cc1cc(NCc2cccc(NC(=O)c3ccncc3)c2)n2ncnc2n1. The van der Waals surface area contributed by atoms with E-state index in [0.717, 1.165) is 22.8 Å². The Morgan fingerprint density at radius 1 is 1.15 bits per heavy atom. The van der Waals surface area contributed by atoms with Gasteiger partial charge in [0.15, 0.2) is 0 Å². The van der Waals surface area contributed by atoms with Gasteiger partial charge >= 0.3 is 0 Å². The average Bonchev–Trinajstić information content (AvgIpc) is 3.15. The van der Waals surface area contributed by atoms with E-state index in [1.54, 1.807) is 29.0 Å². The topological polar surface area (TPSA) is 97.1 Å². The molecule has 0 aliphatic heterocycles. The van der Waals surface area contributed by atoms with Gasteiger partial charge in [-0.3, -0.25) is 9.78 Å². The minimum absolute atomic E-state index is 0.170. The zero-order valence-corrected chi connectivity index (χ0v) is 14.6. The van der Waals surface area contributed by atoms with Crippen LogP contribution in [0, 0.1) is 6.92 Å². The smallest absolute Gasteiger partial charge is 0.255 e. The highest BCUT2D eigenvalue weighted by molar-refractivity contribution is 6.04. The van der Waals surface area contributed by atoms with E-state index in [0.29, 0.717) is 17.9 Å². The molecule has 0 aliphatic carbocycles. The van der Waals surface area contributed by atoms with Gasteiger partial charge in [-0.2, -0.15) is 14.6 Å². The van der Waals surface area contributed by atoms with Crippen molar-refractivity contribution in [3.63, 3.8) is 0 Å². The first-order chi connectivity index (χ1) is 13.2. The van der Waals surface area contributed by atoms with Crippen LogP contribution in [0.2, 0.25) is 0 Å². The van der Waals surface area contributed by atoms with E-state index in [-0.39, 0.29) is 5.91 Å². The van der Waals surface area contributed by atoms with Crippen LogP contribution in [0.4, 0.5) is 11.5 Å². The fourth-order valence-electron chi connectivity index (χ4n) is 2.71. The van der Waals surface area contributed by atoms with Gasteiger partial charge in [0.25, 0.3) is 11.7 Å². The molecule has 2 N–H and O–H groups in total. The summed E-state index contributed by atoms with van der Waals surface area (Å²) >= 11 is 0. The number of carbonyl (C=O) groups excluding carboxylic acids is 1. The van der Waals surface area contributed by atoms with Gasteiger partial charge in [0.05, 0.1) is 0 Å². The van der Waals surface area contributed by atoms with Crippen molar-refractivity contribution < 1.29 is 4.79 Å². The van der Waals surface area contributed by atoms with Gasteiger partial charge in [-0.25, -0.2) is 4.98 Å². The first-order valence-electron chi connectivity index (χ1n) is 8.40. The molecule has 134 valence electrons. The number of hydrogen-bond donors (Lipinski definition) is 2. The number of rotatable bonds is 5. The molecule has 0 aliphatic rings. The average molecular weight is 359 g/mol. The van der Waals surface area contributed by atoms with Crippen molar-refractivity contribution in [3.05, 3.63) is 78.0 Å². The summed E-state index contributed by atoms with van der Waals surface area (Å²) < 4.78 is 1.65. The monoisotopic (exact) mass is 359 g/mol. The molecular weight excluding hydrogens is 342 g/mol. The van der Waals surface area contributed by atoms with Crippen LogP contribution in [0.5, 0.6) is 0 Å². The summed E-state index contributed by atoms with van der Waals surface area (Å²) in [5.41, 5.74) is 3.17. The maximum absolute atomic E-state index is 12.3. The van der Waals surface area contributed by atoms with Crippen molar-refractivity contribution >= 4 is 23.2 Å². The molecule has 0 atom stereocenters. The van der Waals surface area contributed by atoms with Crippen molar-refractivity contribution in [2.45, 2.75) is 13.5 Å². The highest BCUT2D eigenvalue weighted by atomic mass is 16.1. The zero-order chi connectivity index (χ0) is 18.6. The summed E-state index contributed by atoms with van der Waals surface area (Å²) in [6.45, 7) is 2.48. The Bertz CT molecular complexity index is 1090. The number of benzene rings is 1. The number of anilines is 2. The van der Waals surface area contributed by atoms with E-state index in [9.17, 15) is 4.79 Å². The molecule has 0 saturated carbocycles. The van der Waals surface area contributed by atoms with E-state index in [4.69, 9.17) is 0 Å². The zero-order valence-electron chi connectivity index (χ0n) is 14.6. The third-order valence-corrected chi connectivity index (χ3v) is 3.98. The number of amides is 1. The number of aromatic nitrogens is 5. The Kier molecular flexibility index (Phi) is 4.44. The summed E-state index contributed by atoms with van der Waals surface area (Å²) in [5.74, 6) is 1.19. The molecule has 0 unspecified atom stereocenters. The van der Waals surface area contributed by atoms with Gasteiger partial charge in [-0.1, -0.05) is 12.1 Å². The fraction of sp³-hybridized carbons (Fsp3) is 0.105. The van der Waals surface area contributed by atoms with Gasteiger partial charge in [-0.15, -0.1) is 0 Å². The lowest BCUT2D eigenvalue weighted by Gasteiger charge is -2.10. The maximum atomic E-state index is 12.3. The van der Waals surface area contributed by atoms with Crippen LogP contribution in [0.3, 0.4) is 0 Å². The van der Waals surface area contributed by atoms with Crippen LogP contribution < -0.4 is 10.6 Å². The number of aryl methyl sites for hydroxylation is 1. The summed E-state index contributed by atoms with van der Waals surface area (Å²) in [6.07, 6.45) is 4.66. The Morgan fingerprint density at radius 3 is 2.85 bits per heavy atom. The van der Waals surface area contributed by atoms with Crippen LogP contribution in [0.25, 0.3) is 5.78 Å². The lowest BCUT2D eigenvalue weighted by Crippen LogP contribution is -2.12. The maximum Gasteiger partial charge on any atom is 0.255 e. The molecule has 0 radical (unpaired) electrons. The summed E-state index contributed by atoms with van der Waals surface area (Å²) in [4.78, 5) is 24.6. The molecule has 27 heavy (non-hydrogen) atoms. The molecule has 0 bridgehead atoms. The van der Waals surface area contributed by atoms with Crippen LogP contribution >= 0.6 is 0 Å². The molecule has 3 aromatic heterocycles. The first kappa shape index (κ1) is 16.6. The number of pyridine rings is 1. The van der Waals surface area contributed by atoms with Crippen molar-refractivity contribution in [2.24, 2.45) is 0 Å². The molecule has 8 nitrogen and oxygen atoms in total. The first-order valence-corrected chi connectivity index (χ1v) is 8.40. The molecule has 4 aromatic rings. The molecular formula is C19H17N7O. The van der Waals surface area contributed by atoms with Crippen molar-refractivity contribution in [1.29, 1.82) is 0 Å². The quantitative estimate of drug-likeness (QED) is 0.569. The lowest BCUT2D eigenvalue weighted by atomic mass is 10.2. The molecule has 8 heteroatoms. The van der Waals surface area contributed by atoms with Gasteiger partial charge in [0.2, 0.25) is 0 Å². The van der Waals surface area contributed by atoms with Gasteiger partial charge in [0, 0.05) is 41.9 Å². The minimum atomic E-state index is -0.170. The Morgan fingerprint density at radius 2 is 2.00 bits per heavy atom. The molecule has 3 heterocycles. The third-order valence-electron chi connectivity index (χ3n) is 3.98. The number of nitrogens with zero attached hydrogens (tertiary/aromatic N) is 5. The van der Waals surface area contributed by atoms with Crippen LogP contribution in [0.1, 0.15) is 21.6 Å². The second kappa shape index (κ2) is 7.20. The molecule has 0 fully saturated rings. The number of hydrogen-bond acceptors (Lipinski definition) is 6. The molecule has 4 rings (SSSR count). The van der Waals surface area contributed by atoms with E-state index in [1.165, 1.54) is 6.33 Å². The van der Waals surface area contributed by atoms with Crippen LogP contribution in [-0.4, -0.2) is 30.5 Å². The lowest BCUT2D eigenvalue weighted by molar-refractivity contribution is 0.102.